The molecule has 2 aliphatic carbocycles. The van der Waals surface area contributed by atoms with E-state index in [1.54, 1.807) is 60.2 Å². The van der Waals surface area contributed by atoms with Crippen LogP contribution in [0.15, 0.2) is 42.9 Å². The predicted octanol–water partition coefficient (Wildman–Crippen LogP) is 3.76. The van der Waals surface area contributed by atoms with Crippen LogP contribution in [0.25, 0.3) is 16.9 Å². The summed E-state index contributed by atoms with van der Waals surface area (Å²) >= 11 is 0. The van der Waals surface area contributed by atoms with Gasteiger partial charge in [0.25, 0.3) is 5.91 Å². The Kier molecular flexibility index (Phi) is 5.06. The van der Waals surface area contributed by atoms with Crippen LogP contribution in [0.1, 0.15) is 71.1 Å². The number of amides is 1. The Hall–Kier alpha value is -4.50. The maximum Gasteiger partial charge on any atom is 0.387 e. The van der Waals surface area contributed by atoms with Crippen LogP contribution < -0.4 is 4.74 Å². The van der Waals surface area contributed by atoms with Gasteiger partial charge in [0, 0.05) is 66.7 Å². The quantitative estimate of drug-likeness (QED) is 0.412. The molecule has 4 aromatic rings. The number of alkyl halides is 2. The number of hydrogen-bond acceptors (Lipinski definition) is 8. The highest BCUT2D eigenvalue weighted by Gasteiger charge is 2.54. The number of nitriles is 1. The van der Waals surface area contributed by atoms with Gasteiger partial charge in [-0.25, -0.2) is 19.5 Å². The summed E-state index contributed by atoms with van der Waals surface area (Å²) < 4.78 is 33.2. The van der Waals surface area contributed by atoms with Crippen LogP contribution in [-0.4, -0.2) is 59.7 Å². The first kappa shape index (κ1) is 24.5. The van der Waals surface area contributed by atoms with Crippen LogP contribution in [0.2, 0.25) is 0 Å². The number of nitrogens with zero attached hydrogens (tertiary/aromatic N) is 7. The number of halogens is 2. The van der Waals surface area contributed by atoms with E-state index in [0.29, 0.717) is 46.0 Å². The molecule has 1 amide bonds. The molecular weight excluding hydrogens is 520 g/mol. The summed E-state index contributed by atoms with van der Waals surface area (Å²) in [6.07, 6.45) is 5.95. The van der Waals surface area contributed by atoms with Gasteiger partial charge in [-0.2, -0.15) is 19.1 Å². The van der Waals surface area contributed by atoms with Crippen molar-refractivity contribution in [3.8, 4) is 23.1 Å². The summed E-state index contributed by atoms with van der Waals surface area (Å²) in [6.45, 7) is -1.35. The van der Waals surface area contributed by atoms with E-state index in [2.05, 4.69) is 16.0 Å². The molecule has 2 bridgehead atoms. The van der Waals surface area contributed by atoms with Crippen LogP contribution in [-0.2, 0) is 5.41 Å². The van der Waals surface area contributed by atoms with Crippen LogP contribution in [0.3, 0.4) is 0 Å². The molecule has 202 valence electrons. The first-order valence-electron chi connectivity index (χ1n) is 12.8. The van der Waals surface area contributed by atoms with E-state index in [1.807, 2.05) is 0 Å². The molecule has 4 heterocycles. The van der Waals surface area contributed by atoms with Crippen molar-refractivity contribution in [1.82, 2.24) is 29.5 Å². The van der Waals surface area contributed by atoms with Crippen molar-refractivity contribution in [3.63, 3.8) is 0 Å². The third kappa shape index (κ3) is 3.43. The molecule has 1 fully saturated rings. The van der Waals surface area contributed by atoms with Gasteiger partial charge in [-0.15, -0.1) is 0 Å². The standard InChI is InChI=1S/C28H23F2N7O3/c1-27(39)11-28(12-27,13-31)25-32-9-14(10-33-25)17-6-7-37-23(34-17)21-16-8-18(22(21)35-37)36(2)24(38)15-4-3-5-19(20(15)16)40-26(29)30/h3-7,9-10,16,18,26,39H,8,11-12H2,1-2H3. The fourth-order valence-electron chi connectivity index (χ4n) is 6.62. The molecule has 40 heavy (non-hydrogen) atoms. The molecule has 0 saturated heterocycles. The van der Waals surface area contributed by atoms with Gasteiger partial charge in [0.1, 0.15) is 17.0 Å². The molecule has 2 atom stereocenters. The molecule has 1 N–H and O–H groups in total. The van der Waals surface area contributed by atoms with Gasteiger partial charge in [0.2, 0.25) is 0 Å². The SMILES string of the molecule is CN1C(=O)c2cccc(OC(F)F)c2C2CC1c1nn3ccc(-c4cnc(C5(C#N)CC(C)(O)C5)nc4)nc3c12. The topological polar surface area (TPSA) is 130 Å². The first-order valence-corrected chi connectivity index (χ1v) is 12.8. The van der Waals surface area contributed by atoms with Gasteiger partial charge >= 0.3 is 6.61 Å². The Balaban J connectivity index is 1.33. The van der Waals surface area contributed by atoms with Crippen LogP contribution in [0.5, 0.6) is 5.75 Å². The minimum absolute atomic E-state index is 0.0337. The second kappa shape index (κ2) is 8.25. The third-order valence-corrected chi connectivity index (χ3v) is 8.28. The molecule has 1 aliphatic heterocycles. The van der Waals surface area contributed by atoms with Crippen LogP contribution in [0.4, 0.5) is 8.78 Å². The zero-order valence-electron chi connectivity index (χ0n) is 21.5. The average Bonchev–Trinajstić information content (AvgIpc) is 3.44. The summed E-state index contributed by atoms with van der Waals surface area (Å²) in [5.41, 5.74) is 2.04. The van der Waals surface area contributed by atoms with Crippen LogP contribution >= 0.6 is 0 Å². The maximum absolute atomic E-state index is 13.3. The van der Waals surface area contributed by atoms with Crippen molar-refractivity contribution in [2.75, 3.05) is 7.05 Å². The molecule has 0 radical (unpaired) electrons. The third-order valence-electron chi connectivity index (χ3n) is 8.28. The van der Waals surface area contributed by atoms with E-state index in [-0.39, 0.29) is 30.5 Å². The number of fused-ring (bicyclic) bond motifs is 9. The maximum atomic E-state index is 13.3. The van der Waals surface area contributed by atoms with E-state index < -0.39 is 23.5 Å². The molecule has 1 aromatic carbocycles. The number of ether oxygens (including phenoxy) is 1. The van der Waals surface area contributed by atoms with Gasteiger partial charge in [-0.1, -0.05) is 6.07 Å². The average molecular weight is 544 g/mol. The number of rotatable bonds is 4. The first-order chi connectivity index (χ1) is 19.1. The number of aromatic nitrogens is 5. The van der Waals surface area contributed by atoms with Crippen molar-refractivity contribution in [3.05, 3.63) is 71.1 Å². The molecule has 7 rings (SSSR count). The second-order valence-corrected chi connectivity index (χ2v) is 11.0. The zero-order valence-corrected chi connectivity index (χ0v) is 21.5. The summed E-state index contributed by atoms with van der Waals surface area (Å²) in [4.78, 5) is 28.6. The number of hydrogen-bond donors (Lipinski definition) is 1. The molecule has 2 unspecified atom stereocenters. The summed E-state index contributed by atoms with van der Waals surface area (Å²) in [7, 11) is 1.69. The van der Waals surface area contributed by atoms with Crippen molar-refractivity contribution < 1.29 is 23.4 Å². The van der Waals surface area contributed by atoms with E-state index in [0.717, 1.165) is 5.56 Å². The lowest BCUT2D eigenvalue weighted by Gasteiger charge is -2.45. The Morgan fingerprint density at radius 3 is 2.62 bits per heavy atom. The number of carbonyl (C=O) groups excluding carboxylic acids is 1. The van der Waals surface area contributed by atoms with Crippen molar-refractivity contribution >= 4 is 11.6 Å². The van der Waals surface area contributed by atoms with E-state index >= 15 is 0 Å². The van der Waals surface area contributed by atoms with Gasteiger partial charge < -0.3 is 14.7 Å². The van der Waals surface area contributed by atoms with Crippen LogP contribution in [0, 0.1) is 11.3 Å². The van der Waals surface area contributed by atoms with Crippen molar-refractivity contribution in [2.24, 2.45) is 0 Å². The Labute approximate surface area is 226 Å². The fraction of sp³-hybridized carbons (Fsp3) is 0.357. The zero-order chi connectivity index (χ0) is 28.0. The molecular formula is C28H23F2N7O3. The van der Waals surface area contributed by atoms with E-state index in [9.17, 15) is 23.9 Å². The predicted molar refractivity (Wildman–Crippen MR) is 136 cm³/mol. The molecule has 10 nitrogen and oxygen atoms in total. The molecule has 0 spiro atoms. The largest absolute Gasteiger partial charge is 0.434 e. The van der Waals surface area contributed by atoms with E-state index in [4.69, 9.17) is 14.8 Å². The van der Waals surface area contributed by atoms with Gasteiger partial charge in [0.15, 0.2) is 5.65 Å². The van der Waals surface area contributed by atoms with Gasteiger partial charge in [-0.05, 0) is 31.5 Å². The summed E-state index contributed by atoms with van der Waals surface area (Å²) in [5.74, 6) is -0.385. The molecule has 12 heteroatoms. The summed E-state index contributed by atoms with van der Waals surface area (Å²) in [5, 5.41) is 24.6. The lowest BCUT2D eigenvalue weighted by Crippen LogP contribution is -2.52. The smallest absolute Gasteiger partial charge is 0.387 e. The van der Waals surface area contributed by atoms with Crippen molar-refractivity contribution in [1.29, 1.82) is 5.26 Å². The Morgan fingerprint density at radius 2 is 1.95 bits per heavy atom. The molecule has 3 aliphatic rings. The van der Waals surface area contributed by atoms with Gasteiger partial charge in [0.05, 0.1) is 29.1 Å². The fourth-order valence-corrected chi connectivity index (χ4v) is 6.62. The molecule has 3 aromatic heterocycles. The lowest BCUT2D eigenvalue weighted by atomic mass is 9.60. The van der Waals surface area contributed by atoms with Gasteiger partial charge in [-0.3, -0.25) is 4.79 Å². The highest BCUT2D eigenvalue weighted by Crippen LogP contribution is 2.53. The second-order valence-electron chi connectivity index (χ2n) is 11.0. The van der Waals surface area contributed by atoms with Crippen molar-refractivity contribution in [2.45, 2.75) is 55.8 Å². The number of benzene rings is 1. The normalized spacial score (nSPS) is 26.7. The highest BCUT2D eigenvalue weighted by atomic mass is 19.3. The number of carbonyl (C=O) groups is 1. The molecule has 1 saturated carbocycles. The minimum atomic E-state index is -3.04. The highest BCUT2D eigenvalue weighted by molar-refractivity contribution is 5.98. The minimum Gasteiger partial charge on any atom is -0.434 e. The Bertz CT molecular complexity index is 1740. The van der Waals surface area contributed by atoms with E-state index in [1.165, 1.54) is 6.07 Å². The Morgan fingerprint density at radius 1 is 1.20 bits per heavy atom. The monoisotopic (exact) mass is 543 g/mol. The summed E-state index contributed by atoms with van der Waals surface area (Å²) in [6, 6.07) is 8.29. The number of aliphatic hydroxyl groups is 1. The lowest BCUT2D eigenvalue weighted by molar-refractivity contribution is -0.0583.